The number of hydrogen-bond acceptors (Lipinski definition) is 3. The summed E-state index contributed by atoms with van der Waals surface area (Å²) in [5, 5.41) is 8.16. The SMILES string of the molecule is CN(CC1CC2CCC1C2)c1cnnc(Cl)c1. The second-order valence-corrected chi connectivity index (χ2v) is 5.94. The van der Waals surface area contributed by atoms with Gasteiger partial charge in [0.25, 0.3) is 0 Å². The van der Waals surface area contributed by atoms with E-state index in [1.54, 1.807) is 6.20 Å². The van der Waals surface area contributed by atoms with Crippen molar-refractivity contribution in [2.45, 2.75) is 25.7 Å². The highest BCUT2D eigenvalue weighted by molar-refractivity contribution is 6.29. The van der Waals surface area contributed by atoms with Gasteiger partial charge in [-0.15, -0.1) is 5.10 Å². The highest BCUT2D eigenvalue weighted by atomic mass is 35.5. The molecule has 0 saturated heterocycles. The monoisotopic (exact) mass is 251 g/mol. The van der Waals surface area contributed by atoms with Crippen LogP contribution in [0.25, 0.3) is 0 Å². The number of nitrogens with zero attached hydrogens (tertiary/aromatic N) is 3. The van der Waals surface area contributed by atoms with E-state index in [0.717, 1.165) is 30.0 Å². The molecule has 2 bridgehead atoms. The van der Waals surface area contributed by atoms with Gasteiger partial charge in [-0.3, -0.25) is 0 Å². The molecule has 3 nitrogen and oxygen atoms in total. The fourth-order valence-electron chi connectivity index (χ4n) is 3.60. The Kier molecular flexibility index (Phi) is 2.95. The maximum Gasteiger partial charge on any atom is 0.153 e. The van der Waals surface area contributed by atoms with Crippen LogP contribution < -0.4 is 4.90 Å². The first-order valence-electron chi connectivity index (χ1n) is 6.41. The van der Waals surface area contributed by atoms with Gasteiger partial charge in [-0.1, -0.05) is 18.0 Å². The molecule has 0 N–H and O–H groups in total. The van der Waals surface area contributed by atoms with Crippen molar-refractivity contribution in [3.8, 4) is 0 Å². The van der Waals surface area contributed by atoms with E-state index in [9.17, 15) is 0 Å². The first kappa shape index (κ1) is 11.3. The number of hydrogen-bond donors (Lipinski definition) is 0. The summed E-state index contributed by atoms with van der Waals surface area (Å²) in [5.74, 6) is 2.84. The lowest BCUT2D eigenvalue weighted by atomic mass is 9.88. The van der Waals surface area contributed by atoms with Crippen LogP contribution in [0, 0.1) is 17.8 Å². The molecule has 2 aliphatic rings. The van der Waals surface area contributed by atoms with Crippen LogP contribution >= 0.6 is 11.6 Å². The molecular weight excluding hydrogens is 234 g/mol. The summed E-state index contributed by atoms with van der Waals surface area (Å²) in [7, 11) is 2.12. The molecule has 0 aliphatic heterocycles. The summed E-state index contributed by atoms with van der Waals surface area (Å²) in [4.78, 5) is 2.27. The van der Waals surface area contributed by atoms with Crippen molar-refractivity contribution in [3.05, 3.63) is 17.4 Å². The molecular formula is C13H18ClN3. The molecule has 0 spiro atoms. The maximum absolute atomic E-state index is 5.87. The maximum atomic E-state index is 5.87. The van der Waals surface area contributed by atoms with E-state index in [4.69, 9.17) is 11.6 Å². The van der Waals surface area contributed by atoms with Crippen molar-refractivity contribution in [3.63, 3.8) is 0 Å². The zero-order valence-corrected chi connectivity index (χ0v) is 10.9. The molecule has 17 heavy (non-hydrogen) atoms. The minimum atomic E-state index is 0.474. The molecule has 4 heteroatoms. The van der Waals surface area contributed by atoms with Crippen molar-refractivity contribution in [2.24, 2.45) is 17.8 Å². The van der Waals surface area contributed by atoms with Gasteiger partial charge < -0.3 is 4.90 Å². The highest BCUT2D eigenvalue weighted by Gasteiger charge is 2.39. The normalized spacial score (nSPS) is 30.8. The number of anilines is 1. The second kappa shape index (κ2) is 4.45. The number of halogens is 1. The molecule has 3 rings (SSSR count). The fraction of sp³-hybridized carbons (Fsp3) is 0.692. The lowest BCUT2D eigenvalue weighted by molar-refractivity contribution is 0.337. The molecule has 3 atom stereocenters. The van der Waals surface area contributed by atoms with Crippen molar-refractivity contribution >= 4 is 17.3 Å². The van der Waals surface area contributed by atoms with Crippen molar-refractivity contribution in [1.82, 2.24) is 10.2 Å². The van der Waals surface area contributed by atoms with Crippen LogP contribution in [0.3, 0.4) is 0 Å². The van der Waals surface area contributed by atoms with Crippen molar-refractivity contribution < 1.29 is 0 Å². The Balaban J connectivity index is 1.65. The molecule has 0 aromatic carbocycles. The Hall–Kier alpha value is -0.830. The zero-order valence-electron chi connectivity index (χ0n) is 10.1. The van der Waals surface area contributed by atoms with E-state index >= 15 is 0 Å². The fourth-order valence-corrected chi connectivity index (χ4v) is 3.75. The summed E-state index contributed by atoms with van der Waals surface area (Å²) in [6, 6.07) is 1.89. The van der Waals surface area contributed by atoms with Crippen LogP contribution in [0.15, 0.2) is 12.3 Å². The quantitative estimate of drug-likeness (QED) is 0.827. The van der Waals surface area contributed by atoms with E-state index < -0.39 is 0 Å². The lowest BCUT2D eigenvalue weighted by Gasteiger charge is -2.28. The summed E-state index contributed by atoms with van der Waals surface area (Å²) < 4.78 is 0. The first-order valence-corrected chi connectivity index (χ1v) is 6.79. The molecule has 0 amide bonds. The summed E-state index contributed by atoms with van der Waals surface area (Å²) in [6.07, 6.45) is 7.58. The Morgan fingerprint density at radius 1 is 1.41 bits per heavy atom. The van der Waals surface area contributed by atoms with Gasteiger partial charge in [0.1, 0.15) is 0 Å². The molecule has 2 aliphatic carbocycles. The average molecular weight is 252 g/mol. The highest BCUT2D eigenvalue weighted by Crippen LogP contribution is 2.48. The van der Waals surface area contributed by atoms with E-state index in [2.05, 4.69) is 22.1 Å². The largest absolute Gasteiger partial charge is 0.373 e. The molecule has 3 unspecified atom stereocenters. The standard InChI is InChI=1S/C13H18ClN3/c1-17(12-6-13(14)16-15-7-12)8-11-5-9-2-3-10(11)4-9/h6-7,9-11H,2-5,8H2,1H3. The first-order chi connectivity index (χ1) is 8.22. The van der Waals surface area contributed by atoms with E-state index in [1.165, 1.54) is 25.7 Å². The van der Waals surface area contributed by atoms with Crippen LogP contribution in [-0.2, 0) is 0 Å². The smallest absolute Gasteiger partial charge is 0.153 e. The van der Waals surface area contributed by atoms with Gasteiger partial charge in [0, 0.05) is 19.7 Å². The van der Waals surface area contributed by atoms with E-state index in [1.807, 2.05) is 6.07 Å². The van der Waals surface area contributed by atoms with Gasteiger partial charge in [0.05, 0.1) is 11.9 Å². The van der Waals surface area contributed by atoms with Crippen LogP contribution in [0.2, 0.25) is 5.15 Å². The lowest BCUT2D eigenvalue weighted by Crippen LogP contribution is -2.28. The molecule has 1 heterocycles. The molecule has 1 aromatic heterocycles. The molecule has 1 aromatic rings. The third kappa shape index (κ3) is 2.25. The van der Waals surface area contributed by atoms with Gasteiger partial charge in [0.2, 0.25) is 0 Å². The summed E-state index contributed by atoms with van der Waals surface area (Å²) in [6.45, 7) is 1.13. The predicted molar refractivity (Wildman–Crippen MR) is 69.3 cm³/mol. The van der Waals surface area contributed by atoms with Crippen LogP contribution in [0.5, 0.6) is 0 Å². The van der Waals surface area contributed by atoms with Gasteiger partial charge in [-0.25, -0.2) is 0 Å². The Labute approximate surface area is 107 Å². The minimum Gasteiger partial charge on any atom is -0.373 e. The van der Waals surface area contributed by atoms with Crippen molar-refractivity contribution in [2.75, 3.05) is 18.5 Å². The molecule has 0 radical (unpaired) electrons. The third-order valence-electron chi connectivity index (χ3n) is 4.44. The van der Waals surface area contributed by atoms with E-state index in [-0.39, 0.29) is 0 Å². The summed E-state index contributed by atoms with van der Waals surface area (Å²) >= 11 is 5.87. The number of fused-ring (bicyclic) bond motifs is 2. The van der Waals surface area contributed by atoms with Gasteiger partial charge >= 0.3 is 0 Å². The molecule has 2 fully saturated rings. The van der Waals surface area contributed by atoms with Crippen LogP contribution in [0.1, 0.15) is 25.7 Å². The second-order valence-electron chi connectivity index (χ2n) is 5.55. The number of rotatable bonds is 3. The molecule has 92 valence electrons. The van der Waals surface area contributed by atoms with Gasteiger partial charge in [-0.2, -0.15) is 5.10 Å². The van der Waals surface area contributed by atoms with Crippen LogP contribution in [0.4, 0.5) is 5.69 Å². The van der Waals surface area contributed by atoms with Crippen LogP contribution in [-0.4, -0.2) is 23.8 Å². The average Bonchev–Trinajstić information content (AvgIpc) is 2.91. The van der Waals surface area contributed by atoms with Crippen molar-refractivity contribution in [1.29, 1.82) is 0 Å². The minimum absolute atomic E-state index is 0.474. The predicted octanol–water partition coefficient (Wildman–Crippen LogP) is 3.00. The topological polar surface area (TPSA) is 29.0 Å². The Morgan fingerprint density at radius 2 is 2.29 bits per heavy atom. The number of aromatic nitrogens is 2. The summed E-state index contributed by atoms with van der Waals surface area (Å²) in [5.41, 5.74) is 1.08. The molecule has 2 saturated carbocycles. The zero-order chi connectivity index (χ0) is 11.8. The van der Waals surface area contributed by atoms with Gasteiger partial charge in [-0.05, 0) is 37.0 Å². The van der Waals surface area contributed by atoms with E-state index in [0.29, 0.717) is 5.15 Å². The van der Waals surface area contributed by atoms with Gasteiger partial charge in [0.15, 0.2) is 5.15 Å². The third-order valence-corrected chi connectivity index (χ3v) is 4.63. The Bertz CT molecular complexity index is 409. The Morgan fingerprint density at radius 3 is 2.94 bits per heavy atom.